The molecule has 0 atom stereocenters. The van der Waals surface area contributed by atoms with Gasteiger partial charge in [-0.05, 0) is 18.9 Å². The zero-order valence-electron chi connectivity index (χ0n) is 10.5. The van der Waals surface area contributed by atoms with E-state index in [4.69, 9.17) is 0 Å². The van der Waals surface area contributed by atoms with E-state index in [1.807, 2.05) is 6.20 Å². The van der Waals surface area contributed by atoms with Crippen molar-refractivity contribution in [3.8, 4) is 0 Å². The summed E-state index contributed by atoms with van der Waals surface area (Å²) >= 11 is 0. The van der Waals surface area contributed by atoms with E-state index >= 15 is 0 Å². The molecule has 0 fully saturated rings. The SMILES string of the molecule is C=CC(=NC(=C)C1=NC=CCC1)C(C)(C)C. The van der Waals surface area contributed by atoms with E-state index in [1.54, 1.807) is 6.08 Å². The average molecular weight is 216 g/mol. The number of hydrogen-bond donors (Lipinski definition) is 0. The maximum absolute atomic E-state index is 4.53. The number of aliphatic imine (C=N–C) groups is 2. The monoisotopic (exact) mass is 216 g/mol. The van der Waals surface area contributed by atoms with Gasteiger partial charge >= 0.3 is 0 Å². The van der Waals surface area contributed by atoms with Crippen molar-refractivity contribution >= 4 is 11.4 Å². The predicted molar refractivity (Wildman–Crippen MR) is 72.0 cm³/mol. The Bertz CT molecular complexity index is 376. The standard InChI is InChI=1S/C14H20N2/c1-6-13(14(3,4)5)16-11(2)12-9-7-8-10-15-12/h6,8,10H,1-2,7,9H2,3-5H3. The summed E-state index contributed by atoms with van der Waals surface area (Å²) < 4.78 is 0. The molecule has 1 aliphatic rings. The highest BCUT2D eigenvalue weighted by molar-refractivity contribution is 6.06. The van der Waals surface area contributed by atoms with Crippen LogP contribution in [0.5, 0.6) is 0 Å². The van der Waals surface area contributed by atoms with Crippen molar-refractivity contribution in [3.63, 3.8) is 0 Å². The summed E-state index contributed by atoms with van der Waals surface area (Å²) in [6, 6.07) is 0. The van der Waals surface area contributed by atoms with Gasteiger partial charge in [-0.1, -0.05) is 40.0 Å². The predicted octanol–water partition coefficient (Wildman–Crippen LogP) is 3.92. The number of allylic oxidation sites excluding steroid dienone is 3. The summed E-state index contributed by atoms with van der Waals surface area (Å²) in [6.45, 7) is 14.1. The Balaban J connectivity index is 2.90. The maximum atomic E-state index is 4.53. The highest BCUT2D eigenvalue weighted by Crippen LogP contribution is 2.19. The molecule has 1 aliphatic heterocycles. The normalized spacial score (nSPS) is 16.9. The molecule has 0 radical (unpaired) electrons. The average Bonchev–Trinajstić information content (AvgIpc) is 2.25. The fourth-order valence-corrected chi connectivity index (χ4v) is 1.45. The molecule has 0 unspecified atom stereocenters. The third-order valence-corrected chi connectivity index (χ3v) is 2.43. The second kappa shape index (κ2) is 5.06. The minimum atomic E-state index is -0.00421. The van der Waals surface area contributed by atoms with Crippen molar-refractivity contribution in [3.05, 3.63) is 37.2 Å². The minimum absolute atomic E-state index is 0.00421. The molecule has 86 valence electrons. The van der Waals surface area contributed by atoms with Gasteiger partial charge in [0.1, 0.15) is 0 Å². The number of hydrogen-bond acceptors (Lipinski definition) is 2. The molecule has 16 heavy (non-hydrogen) atoms. The second-order valence-corrected chi connectivity index (χ2v) is 4.90. The van der Waals surface area contributed by atoms with Gasteiger partial charge in [-0.2, -0.15) is 0 Å². The van der Waals surface area contributed by atoms with E-state index in [9.17, 15) is 0 Å². The minimum Gasteiger partial charge on any atom is -0.259 e. The van der Waals surface area contributed by atoms with Crippen LogP contribution in [0.3, 0.4) is 0 Å². The lowest BCUT2D eigenvalue weighted by Gasteiger charge is -2.19. The molecular weight excluding hydrogens is 196 g/mol. The Hall–Kier alpha value is -1.44. The summed E-state index contributed by atoms with van der Waals surface area (Å²) in [5.74, 6) is 0. The van der Waals surface area contributed by atoms with Gasteiger partial charge in [-0.25, -0.2) is 0 Å². The zero-order chi connectivity index (χ0) is 12.2. The molecular formula is C14H20N2. The fraction of sp³-hybridized carbons (Fsp3) is 0.429. The topological polar surface area (TPSA) is 24.7 Å². The zero-order valence-corrected chi connectivity index (χ0v) is 10.5. The maximum Gasteiger partial charge on any atom is 0.0776 e. The molecule has 0 N–H and O–H groups in total. The number of rotatable bonds is 3. The first-order valence-corrected chi connectivity index (χ1v) is 5.57. The lowest BCUT2D eigenvalue weighted by Crippen LogP contribution is -2.19. The molecule has 0 saturated heterocycles. The van der Waals surface area contributed by atoms with Crippen LogP contribution < -0.4 is 0 Å². The van der Waals surface area contributed by atoms with Gasteiger partial charge in [0.15, 0.2) is 0 Å². The molecule has 0 aromatic heterocycles. The first-order valence-electron chi connectivity index (χ1n) is 5.57. The van der Waals surface area contributed by atoms with Gasteiger partial charge < -0.3 is 0 Å². The van der Waals surface area contributed by atoms with Crippen LogP contribution in [0.15, 0.2) is 47.2 Å². The Morgan fingerprint density at radius 2 is 2.19 bits per heavy atom. The van der Waals surface area contributed by atoms with Gasteiger partial charge in [0.05, 0.1) is 11.4 Å². The van der Waals surface area contributed by atoms with Crippen molar-refractivity contribution in [2.75, 3.05) is 0 Å². The molecule has 0 aliphatic carbocycles. The molecule has 0 aromatic rings. The molecule has 2 nitrogen and oxygen atoms in total. The van der Waals surface area contributed by atoms with Crippen molar-refractivity contribution < 1.29 is 0 Å². The summed E-state index contributed by atoms with van der Waals surface area (Å²) in [5, 5.41) is 0. The van der Waals surface area contributed by atoms with E-state index in [0.717, 1.165) is 30.0 Å². The molecule has 2 heteroatoms. The third-order valence-electron chi connectivity index (χ3n) is 2.43. The largest absolute Gasteiger partial charge is 0.259 e. The van der Waals surface area contributed by atoms with E-state index in [-0.39, 0.29) is 5.41 Å². The lowest BCUT2D eigenvalue weighted by molar-refractivity contribution is 0.594. The van der Waals surface area contributed by atoms with Crippen LogP contribution in [0.1, 0.15) is 33.6 Å². The highest BCUT2D eigenvalue weighted by Gasteiger charge is 2.17. The Morgan fingerprint density at radius 1 is 1.50 bits per heavy atom. The van der Waals surface area contributed by atoms with Gasteiger partial charge in [-0.15, -0.1) is 0 Å². The van der Waals surface area contributed by atoms with E-state index < -0.39 is 0 Å². The van der Waals surface area contributed by atoms with Crippen LogP contribution >= 0.6 is 0 Å². The van der Waals surface area contributed by atoms with Crippen molar-refractivity contribution in [1.82, 2.24) is 0 Å². The van der Waals surface area contributed by atoms with Crippen LogP contribution in [0.25, 0.3) is 0 Å². The molecule has 0 aromatic carbocycles. The highest BCUT2D eigenvalue weighted by atomic mass is 14.8. The quantitative estimate of drug-likeness (QED) is 0.639. The van der Waals surface area contributed by atoms with Crippen LogP contribution in [-0.4, -0.2) is 11.4 Å². The summed E-state index contributed by atoms with van der Waals surface area (Å²) in [4.78, 5) is 8.82. The Morgan fingerprint density at radius 3 is 2.62 bits per heavy atom. The lowest BCUT2D eigenvalue weighted by atomic mass is 9.90. The van der Waals surface area contributed by atoms with Gasteiger partial charge in [-0.3, -0.25) is 9.98 Å². The summed E-state index contributed by atoms with van der Waals surface area (Å²) in [5.41, 5.74) is 2.69. The van der Waals surface area contributed by atoms with E-state index in [1.165, 1.54) is 0 Å². The fourth-order valence-electron chi connectivity index (χ4n) is 1.45. The smallest absolute Gasteiger partial charge is 0.0776 e. The molecule has 0 saturated carbocycles. The molecule has 1 heterocycles. The van der Waals surface area contributed by atoms with Gasteiger partial charge in [0.25, 0.3) is 0 Å². The number of nitrogens with zero attached hydrogens (tertiary/aromatic N) is 2. The third kappa shape index (κ3) is 3.30. The van der Waals surface area contributed by atoms with Gasteiger partial charge in [0, 0.05) is 17.3 Å². The van der Waals surface area contributed by atoms with E-state index in [0.29, 0.717) is 0 Å². The Labute approximate surface area is 98.2 Å². The van der Waals surface area contributed by atoms with Crippen molar-refractivity contribution in [2.45, 2.75) is 33.6 Å². The van der Waals surface area contributed by atoms with Gasteiger partial charge in [0.2, 0.25) is 0 Å². The van der Waals surface area contributed by atoms with Crippen LogP contribution in [0.4, 0.5) is 0 Å². The molecule has 0 bridgehead atoms. The van der Waals surface area contributed by atoms with Crippen LogP contribution in [-0.2, 0) is 0 Å². The molecule has 1 rings (SSSR count). The van der Waals surface area contributed by atoms with Crippen molar-refractivity contribution in [2.24, 2.45) is 15.4 Å². The van der Waals surface area contributed by atoms with Crippen LogP contribution in [0.2, 0.25) is 0 Å². The molecule has 0 spiro atoms. The summed E-state index contributed by atoms with van der Waals surface area (Å²) in [6.07, 6.45) is 7.62. The first-order chi connectivity index (χ1) is 7.45. The summed E-state index contributed by atoms with van der Waals surface area (Å²) in [7, 11) is 0. The van der Waals surface area contributed by atoms with Crippen LogP contribution in [0, 0.1) is 5.41 Å². The Kier molecular flexibility index (Phi) is 3.99. The molecule has 0 amide bonds. The van der Waals surface area contributed by atoms with Crippen molar-refractivity contribution in [1.29, 1.82) is 0 Å². The van der Waals surface area contributed by atoms with E-state index in [2.05, 4.69) is 50.0 Å². The second-order valence-electron chi connectivity index (χ2n) is 4.90. The first kappa shape index (κ1) is 12.6.